The molecule has 0 heterocycles. The van der Waals surface area contributed by atoms with Crippen LogP contribution < -0.4 is 14.6 Å². The minimum Gasteiger partial charge on any atom is -0.452 e. The van der Waals surface area contributed by atoms with E-state index in [2.05, 4.69) is 10.1 Å². The van der Waals surface area contributed by atoms with Gasteiger partial charge in [0.1, 0.15) is 0 Å². The number of benzene rings is 2. The maximum absolute atomic E-state index is 11.2. The maximum Gasteiger partial charge on any atom is 0.413 e. The third-order valence-electron chi connectivity index (χ3n) is 3.42. The van der Waals surface area contributed by atoms with Gasteiger partial charge in [-0.3, -0.25) is 4.90 Å². The molecule has 0 unspecified atom stereocenters. The van der Waals surface area contributed by atoms with Crippen LogP contribution in [-0.2, 0) is 13.3 Å². The Morgan fingerprint density at radius 1 is 1.11 bits per heavy atom. The third-order valence-corrected chi connectivity index (χ3v) is 5.49. The molecule has 2 rings (SSSR count). The number of carbonyl (C=O) groups excluding carboxylic acids is 2. The van der Waals surface area contributed by atoms with Gasteiger partial charge in [0.25, 0.3) is 0 Å². The number of hydrogen-bond donors (Lipinski definition) is 4. The molecule has 0 aromatic heterocycles. The van der Waals surface area contributed by atoms with Crippen LogP contribution in [0.4, 0.5) is 16.2 Å². The van der Waals surface area contributed by atoms with E-state index >= 15 is 0 Å². The molecule has 2 aromatic carbocycles. The second-order valence-corrected chi connectivity index (χ2v) is 8.74. The smallest absolute Gasteiger partial charge is 0.413 e. The molecule has 0 aliphatic rings. The summed E-state index contributed by atoms with van der Waals surface area (Å²) in [7, 11) is 1.38. The van der Waals surface area contributed by atoms with Gasteiger partial charge in [0.2, 0.25) is 0 Å². The predicted molar refractivity (Wildman–Crippen MR) is 105 cm³/mol. The largest absolute Gasteiger partial charge is 0.452 e. The number of anilines is 2. The zero-order chi connectivity index (χ0) is 21.3. The predicted octanol–water partition coefficient (Wildman–Crippen LogP) is 1.19. The Morgan fingerprint density at radius 3 is 2.18 bits per heavy atom. The number of nitrogens with one attached hydrogen (secondary N) is 1. The number of phenols is 1. The van der Waals surface area contributed by atoms with Gasteiger partial charge in [0.15, 0.2) is 0 Å². The summed E-state index contributed by atoms with van der Waals surface area (Å²) in [6.45, 7) is 3.75. The van der Waals surface area contributed by atoms with E-state index in [-0.39, 0.29) is 11.8 Å². The molecule has 0 spiro atoms. The first-order chi connectivity index (χ1) is 13.1. The van der Waals surface area contributed by atoms with Crippen LogP contribution in [0.1, 0.15) is 13.8 Å². The number of amides is 2. The van der Waals surface area contributed by atoms with Gasteiger partial charge in [-0.05, 0) is 19.1 Å². The molecule has 4 N–H and O–H groups in total. The molecule has 28 heavy (non-hydrogen) atoms. The van der Waals surface area contributed by atoms with E-state index in [0.717, 1.165) is 11.8 Å². The molecule has 0 saturated heterocycles. The summed E-state index contributed by atoms with van der Waals surface area (Å²) in [5.41, 5.74) is 0.849. The summed E-state index contributed by atoms with van der Waals surface area (Å²) >= 11 is -5.15. The van der Waals surface area contributed by atoms with Crippen LogP contribution in [0.5, 0.6) is 5.75 Å². The quantitative estimate of drug-likeness (QED) is 0.403. The fourth-order valence-corrected chi connectivity index (χ4v) is 3.61. The molecule has 0 bridgehead atoms. The van der Waals surface area contributed by atoms with E-state index < -0.39 is 30.2 Å². The van der Waals surface area contributed by atoms with Gasteiger partial charge in [-0.25, -0.2) is 4.79 Å². The van der Waals surface area contributed by atoms with Crippen molar-refractivity contribution in [3.8, 4) is 5.75 Å². The van der Waals surface area contributed by atoms with Crippen molar-refractivity contribution in [2.24, 2.45) is 0 Å². The van der Waals surface area contributed by atoms with Gasteiger partial charge in [0, 0.05) is 12.2 Å². The van der Waals surface area contributed by atoms with Crippen LogP contribution in [0.15, 0.2) is 48.5 Å². The summed E-state index contributed by atoms with van der Waals surface area (Å²) in [4.78, 5) is 23.5. The van der Waals surface area contributed by atoms with E-state index in [1.54, 1.807) is 4.90 Å². The molecular weight excluding hydrogens is 431 g/mol. The van der Waals surface area contributed by atoms with Gasteiger partial charge in [-0.2, -0.15) is 0 Å². The molecule has 10 heteroatoms. The van der Waals surface area contributed by atoms with Crippen LogP contribution in [-0.4, -0.2) is 53.1 Å². The molecule has 0 atom stereocenters. The number of para-hydroxylation sites is 2. The normalized spacial score (nSPS) is 10.3. The van der Waals surface area contributed by atoms with Crippen molar-refractivity contribution >= 4 is 41.9 Å². The Kier molecular flexibility index (Phi) is 8.78. The molecule has 0 aliphatic heterocycles. The first kappa shape index (κ1) is 23.3. The first-order valence-electron chi connectivity index (χ1n) is 8.18. The topological polar surface area (TPSA) is 136 Å². The zero-order valence-corrected chi connectivity index (χ0v) is 17.6. The zero-order valence-electron chi connectivity index (χ0n) is 15.7. The van der Waals surface area contributed by atoms with Gasteiger partial charge < -0.3 is 4.74 Å². The van der Waals surface area contributed by atoms with Crippen molar-refractivity contribution in [1.82, 2.24) is 0 Å². The minimum atomic E-state index is -5.15. The Bertz CT molecular complexity index is 852. The Hall–Kier alpha value is -2.74. The Labute approximate surface area is 165 Å². The number of aromatic hydroxyl groups is 1. The number of methoxy groups -OCH3 is 1. The van der Waals surface area contributed by atoms with Gasteiger partial charge in [0.05, 0.1) is 7.11 Å². The molecule has 0 saturated carbocycles. The number of phenolic OH excluding ortho intramolecular Hbond substituents is 1. The number of ether oxygens (including phenoxy) is 1. The SMILES string of the molecule is CC(=O)Nc1cccc([As](=O)(O)O)c1O.CCN(C(=O)OC)c1ccccc1. The molecular formula is C18H23AsN2O7. The molecule has 2 aromatic rings. The van der Waals surface area contributed by atoms with Crippen LogP contribution >= 0.6 is 0 Å². The van der Waals surface area contributed by atoms with Gasteiger partial charge in [-0.1, -0.05) is 18.2 Å². The summed E-state index contributed by atoms with van der Waals surface area (Å²) in [5.74, 6) is -1.01. The van der Waals surface area contributed by atoms with E-state index in [4.69, 9.17) is 8.19 Å². The molecule has 0 fully saturated rings. The fourth-order valence-electron chi connectivity index (χ4n) is 2.19. The number of carbonyl (C=O) groups is 2. The van der Waals surface area contributed by atoms with Crippen molar-refractivity contribution in [2.75, 3.05) is 23.9 Å². The Morgan fingerprint density at radius 2 is 1.71 bits per heavy atom. The van der Waals surface area contributed by atoms with Crippen LogP contribution in [0.25, 0.3) is 0 Å². The van der Waals surface area contributed by atoms with Crippen LogP contribution in [0.3, 0.4) is 0 Å². The number of nitrogens with zero attached hydrogens (tertiary/aromatic N) is 1. The van der Waals surface area contributed by atoms with E-state index in [0.29, 0.717) is 6.54 Å². The third kappa shape index (κ3) is 6.77. The van der Waals surface area contributed by atoms with Gasteiger partial charge >= 0.3 is 94.2 Å². The molecule has 0 aliphatic carbocycles. The first-order valence-corrected chi connectivity index (χ1v) is 11.6. The standard InChI is InChI=1S/C10H13NO2.C8H10AsNO5/c1-3-11(10(12)13-2)9-7-5-4-6-8-9;1-5(11)10-7-4-2-3-6(8(7)12)9(13,14)15/h4-8H,3H2,1-2H3;2-4,12H,1H3,(H,10,11)(H2,13,14,15). The number of hydrogen-bond acceptors (Lipinski definition) is 5. The monoisotopic (exact) mass is 454 g/mol. The average molecular weight is 454 g/mol. The van der Waals surface area contributed by atoms with E-state index in [1.165, 1.54) is 26.2 Å². The molecule has 2 amide bonds. The summed E-state index contributed by atoms with van der Waals surface area (Å²) in [6, 6.07) is 13.3. The van der Waals surface area contributed by atoms with E-state index in [9.17, 15) is 18.4 Å². The minimum absolute atomic E-state index is 0.00951. The summed E-state index contributed by atoms with van der Waals surface area (Å²) in [6.07, 6.45) is -0.325. The van der Waals surface area contributed by atoms with Crippen LogP contribution in [0.2, 0.25) is 0 Å². The average Bonchev–Trinajstić information content (AvgIpc) is 2.64. The fraction of sp³-hybridized carbons (Fsp3) is 0.222. The van der Waals surface area contributed by atoms with Gasteiger partial charge in [-0.15, -0.1) is 0 Å². The molecule has 0 radical (unpaired) electrons. The summed E-state index contributed by atoms with van der Waals surface area (Å²) < 4.78 is 33.0. The van der Waals surface area contributed by atoms with Crippen molar-refractivity contribution in [3.63, 3.8) is 0 Å². The molecule has 152 valence electrons. The summed E-state index contributed by atoms with van der Waals surface area (Å²) in [5, 5.41) is 11.7. The number of rotatable bonds is 4. The second-order valence-electron chi connectivity index (χ2n) is 5.45. The second kappa shape index (κ2) is 10.6. The van der Waals surface area contributed by atoms with Crippen molar-refractivity contribution < 1.29 is 31.4 Å². The van der Waals surface area contributed by atoms with Crippen LogP contribution in [0, 0.1) is 0 Å². The van der Waals surface area contributed by atoms with Crippen molar-refractivity contribution in [1.29, 1.82) is 0 Å². The van der Waals surface area contributed by atoms with Crippen molar-refractivity contribution in [2.45, 2.75) is 13.8 Å². The molecule has 9 nitrogen and oxygen atoms in total. The Balaban J connectivity index is 0.000000283. The van der Waals surface area contributed by atoms with Crippen molar-refractivity contribution in [3.05, 3.63) is 48.5 Å². The van der Waals surface area contributed by atoms with E-state index in [1.807, 2.05) is 37.3 Å². The maximum atomic E-state index is 11.2.